The lowest BCUT2D eigenvalue weighted by Crippen LogP contribution is -2.16. The van der Waals surface area contributed by atoms with E-state index in [0.29, 0.717) is 27.7 Å². The zero-order chi connectivity index (χ0) is 18.0. The molecule has 1 heterocycles. The number of carbonyl (C=O) groups is 1. The van der Waals surface area contributed by atoms with Gasteiger partial charge in [0.2, 0.25) is 0 Å². The smallest absolute Gasteiger partial charge is 0.279 e. The molecule has 4 nitrogen and oxygen atoms in total. The van der Waals surface area contributed by atoms with E-state index < -0.39 is 0 Å². The van der Waals surface area contributed by atoms with E-state index in [9.17, 15) is 4.79 Å². The number of thiazole rings is 1. The van der Waals surface area contributed by atoms with Crippen LogP contribution in [0.1, 0.15) is 15.9 Å². The number of carbonyl (C=O) groups excluding carboxylic acids is 1. The van der Waals surface area contributed by atoms with Gasteiger partial charge in [0.15, 0.2) is 4.80 Å². The first-order valence-electron chi connectivity index (χ1n) is 7.67. The number of allylic oxidation sites excluding steroid dienone is 1. The molecule has 0 N–H and O–H groups in total. The molecule has 0 saturated heterocycles. The fraction of sp³-hybridized carbons (Fsp3) is 0.158. The van der Waals surface area contributed by atoms with E-state index in [1.165, 1.54) is 11.3 Å². The Morgan fingerprint density at radius 2 is 2.20 bits per heavy atom. The molecule has 0 fully saturated rings. The standard InChI is InChI=1S/C19H17ClN2O2S/c1-4-10-22-17-12(2)15(20)8-9-16(17)25-19(22)21-18(23)13-6-5-7-14(11-13)24-3/h4-9,11H,1,10H2,2-3H3. The first kappa shape index (κ1) is 17.5. The number of aromatic nitrogens is 1. The number of aryl methyl sites for hydroxylation is 1. The van der Waals surface area contributed by atoms with Crippen LogP contribution in [-0.4, -0.2) is 17.6 Å². The molecule has 0 atom stereocenters. The Morgan fingerprint density at radius 3 is 2.92 bits per heavy atom. The summed E-state index contributed by atoms with van der Waals surface area (Å²) in [5.74, 6) is 0.311. The number of methoxy groups -OCH3 is 1. The number of hydrogen-bond acceptors (Lipinski definition) is 3. The van der Waals surface area contributed by atoms with Gasteiger partial charge < -0.3 is 9.30 Å². The van der Waals surface area contributed by atoms with E-state index in [2.05, 4.69) is 11.6 Å². The van der Waals surface area contributed by atoms with E-state index in [0.717, 1.165) is 15.8 Å². The average Bonchev–Trinajstić information content (AvgIpc) is 2.96. The van der Waals surface area contributed by atoms with Crippen molar-refractivity contribution < 1.29 is 9.53 Å². The Balaban J connectivity index is 2.18. The fourth-order valence-corrected chi connectivity index (χ4v) is 3.86. The third kappa shape index (κ3) is 3.38. The number of halogens is 1. The molecule has 0 aliphatic rings. The molecule has 0 unspecified atom stereocenters. The highest BCUT2D eigenvalue weighted by Gasteiger charge is 2.12. The van der Waals surface area contributed by atoms with Crippen molar-refractivity contribution in [2.24, 2.45) is 4.99 Å². The highest BCUT2D eigenvalue weighted by molar-refractivity contribution is 7.16. The van der Waals surface area contributed by atoms with Crippen LogP contribution in [0.4, 0.5) is 0 Å². The quantitative estimate of drug-likeness (QED) is 0.628. The summed E-state index contributed by atoms with van der Waals surface area (Å²) < 4.78 is 8.16. The minimum absolute atomic E-state index is 0.313. The zero-order valence-corrected chi connectivity index (χ0v) is 15.5. The van der Waals surface area contributed by atoms with Gasteiger partial charge in [-0.2, -0.15) is 4.99 Å². The lowest BCUT2D eigenvalue weighted by atomic mass is 10.2. The molecule has 2 aromatic carbocycles. The molecule has 128 valence electrons. The number of rotatable bonds is 4. The van der Waals surface area contributed by atoms with E-state index >= 15 is 0 Å². The summed E-state index contributed by atoms with van der Waals surface area (Å²) in [6, 6.07) is 10.8. The molecule has 0 bridgehead atoms. The maximum atomic E-state index is 12.6. The van der Waals surface area contributed by atoms with Crippen molar-refractivity contribution >= 4 is 39.1 Å². The van der Waals surface area contributed by atoms with Crippen molar-refractivity contribution in [1.29, 1.82) is 0 Å². The van der Waals surface area contributed by atoms with Crippen LogP contribution in [0, 0.1) is 6.92 Å². The molecule has 0 saturated carbocycles. The first-order chi connectivity index (χ1) is 12.0. The first-order valence-corrected chi connectivity index (χ1v) is 8.87. The van der Waals surface area contributed by atoms with Crippen molar-refractivity contribution in [2.75, 3.05) is 7.11 Å². The summed E-state index contributed by atoms with van der Waals surface area (Å²) in [6.07, 6.45) is 1.78. The zero-order valence-electron chi connectivity index (χ0n) is 14.0. The molecule has 1 amide bonds. The third-order valence-corrected chi connectivity index (χ3v) is 5.31. The number of benzene rings is 2. The SMILES string of the molecule is C=CCn1c(=NC(=O)c2cccc(OC)c2)sc2ccc(Cl)c(C)c21. The maximum absolute atomic E-state index is 12.6. The number of nitrogens with zero attached hydrogens (tertiary/aromatic N) is 2. The Bertz CT molecular complexity index is 1030. The largest absolute Gasteiger partial charge is 0.497 e. The van der Waals surface area contributed by atoms with Gasteiger partial charge in [-0.3, -0.25) is 4.79 Å². The second kappa shape index (κ2) is 7.25. The molecule has 3 aromatic rings. The topological polar surface area (TPSA) is 43.6 Å². The maximum Gasteiger partial charge on any atom is 0.279 e. The lowest BCUT2D eigenvalue weighted by molar-refractivity contribution is 0.0997. The molecule has 3 rings (SSSR count). The minimum Gasteiger partial charge on any atom is -0.497 e. The van der Waals surface area contributed by atoms with Gasteiger partial charge in [-0.1, -0.05) is 35.1 Å². The number of fused-ring (bicyclic) bond motifs is 1. The summed E-state index contributed by atoms with van der Waals surface area (Å²) in [4.78, 5) is 17.5. The minimum atomic E-state index is -0.313. The predicted molar refractivity (Wildman–Crippen MR) is 103 cm³/mol. The van der Waals surface area contributed by atoms with Gasteiger partial charge in [0.05, 0.1) is 17.3 Å². The number of amides is 1. The summed E-state index contributed by atoms with van der Waals surface area (Å²) in [7, 11) is 1.57. The van der Waals surface area contributed by atoms with Crippen molar-refractivity contribution in [3.8, 4) is 5.75 Å². The van der Waals surface area contributed by atoms with Gasteiger partial charge >= 0.3 is 0 Å². The Hall–Kier alpha value is -2.37. The lowest BCUT2D eigenvalue weighted by Gasteiger charge is -2.05. The van der Waals surface area contributed by atoms with Crippen LogP contribution >= 0.6 is 22.9 Å². The van der Waals surface area contributed by atoms with Gasteiger partial charge in [-0.25, -0.2) is 0 Å². The van der Waals surface area contributed by atoms with E-state index in [1.54, 1.807) is 37.5 Å². The average molecular weight is 373 g/mol. The second-order valence-corrected chi connectivity index (χ2v) is 6.87. The number of hydrogen-bond donors (Lipinski definition) is 0. The predicted octanol–water partition coefficient (Wildman–Crippen LogP) is 4.60. The molecule has 6 heteroatoms. The molecule has 0 spiro atoms. The van der Waals surface area contributed by atoms with Gasteiger partial charge in [-0.05, 0) is 42.8 Å². The molecular formula is C19H17ClN2O2S. The van der Waals surface area contributed by atoms with Crippen molar-refractivity contribution in [2.45, 2.75) is 13.5 Å². The van der Waals surface area contributed by atoms with Crippen LogP contribution < -0.4 is 9.54 Å². The van der Waals surface area contributed by atoms with Crippen LogP contribution in [0.2, 0.25) is 5.02 Å². The molecule has 1 aromatic heterocycles. The summed E-state index contributed by atoms with van der Waals surface area (Å²) in [5, 5.41) is 0.689. The van der Waals surface area contributed by atoms with Gasteiger partial charge in [0.1, 0.15) is 5.75 Å². The monoisotopic (exact) mass is 372 g/mol. The molecule has 0 aliphatic heterocycles. The Kier molecular flexibility index (Phi) is 5.06. The van der Waals surface area contributed by atoms with E-state index in [1.807, 2.05) is 23.6 Å². The molecule has 0 aliphatic carbocycles. The van der Waals surface area contributed by atoms with Crippen molar-refractivity contribution in [3.05, 3.63) is 70.0 Å². The highest BCUT2D eigenvalue weighted by Crippen LogP contribution is 2.27. The molecule has 0 radical (unpaired) electrons. The normalized spacial score (nSPS) is 11.7. The van der Waals surface area contributed by atoms with Crippen LogP contribution in [0.5, 0.6) is 5.75 Å². The van der Waals surface area contributed by atoms with Crippen LogP contribution in [0.15, 0.2) is 54.0 Å². The molecular weight excluding hydrogens is 356 g/mol. The van der Waals surface area contributed by atoms with Gasteiger partial charge in [-0.15, -0.1) is 6.58 Å². The van der Waals surface area contributed by atoms with Gasteiger partial charge in [0, 0.05) is 17.1 Å². The van der Waals surface area contributed by atoms with Crippen molar-refractivity contribution in [1.82, 2.24) is 4.57 Å². The molecule has 25 heavy (non-hydrogen) atoms. The third-order valence-electron chi connectivity index (χ3n) is 3.86. The highest BCUT2D eigenvalue weighted by atomic mass is 35.5. The van der Waals surface area contributed by atoms with Crippen molar-refractivity contribution in [3.63, 3.8) is 0 Å². The summed E-state index contributed by atoms with van der Waals surface area (Å²) in [6.45, 7) is 6.31. The Morgan fingerprint density at radius 1 is 1.40 bits per heavy atom. The Labute approximate surface area is 154 Å². The second-order valence-electron chi connectivity index (χ2n) is 5.45. The van der Waals surface area contributed by atoms with Crippen LogP contribution in [-0.2, 0) is 6.54 Å². The summed E-state index contributed by atoms with van der Waals surface area (Å²) in [5.41, 5.74) is 2.43. The van der Waals surface area contributed by atoms with Gasteiger partial charge in [0.25, 0.3) is 5.91 Å². The van der Waals surface area contributed by atoms with E-state index in [-0.39, 0.29) is 5.91 Å². The van der Waals surface area contributed by atoms with Crippen LogP contribution in [0.25, 0.3) is 10.2 Å². The van der Waals surface area contributed by atoms with E-state index in [4.69, 9.17) is 16.3 Å². The number of ether oxygens (including phenoxy) is 1. The summed E-state index contributed by atoms with van der Waals surface area (Å²) >= 11 is 7.72. The van der Waals surface area contributed by atoms with Crippen LogP contribution in [0.3, 0.4) is 0 Å². The fourth-order valence-electron chi connectivity index (χ4n) is 2.61.